The number of carbonyl (C=O) groups is 1. The molecule has 8 heteroatoms. The zero-order chi connectivity index (χ0) is 22.0. The fourth-order valence-corrected chi connectivity index (χ4v) is 3.11. The van der Waals surface area contributed by atoms with Crippen LogP contribution in [0.15, 0.2) is 71.1 Å². The molecule has 8 nitrogen and oxygen atoms in total. The first-order chi connectivity index (χ1) is 14.9. The molecule has 1 N–H and O–H groups in total. The van der Waals surface area contributed by atoms with Crippen molar-refractivity contribution in [2.45, 2.75) is 13.8 Å². The highest BCUT2D eigenvalue weighted by atomic mass is 16.6. The number of benzene rings is 3. The number of amides is 1. The maximum absolute atomic E-state index is 12.5. The van der Waals surface area contributed by atoms with Gasteiger partial charge in [-0.2, -0.15) is 0 Å². The Morgan fingerprint density at radius 1 is 0.935 bits per heavy atom. The minimum absolute atomic E-state index is 0.0937. The molecule has 0 saturated carbocycles. The Balaban J connectivity index is 1.50. The lowest BCUT2D eigenvalue weighted by molar-refractivity contribution is -0.385. The van der Waals surface area contributed by atoms with Gasteiger partial charge >= 0.3 is 0 Å². The van der Waals surface area contributed by atoms with Crippen LogP contribution in [0.25, 0.3) is 22.9 Å². The van der Waals surface area contributed by atoms with Gasteiger partial charge in [0.15, 0.2) is 0 Å². The van der Waals surface area contributed by atoms with Crippen LogP contribution >= 0.6 is 0 Å². The van der Waals surface area contributed by atoms with Crippen LogP contribution in [0, 0.1) is 24.0 Å². The molecular formula is C23H18N4O4. The van der Waals surface area contributed by atoms with E-state index in [0.29, 0.717) is 28.6 Å². The van der Waals surface area contributed by atoms with Crippen molar-refractivity contribution in [1.82, 2.24) is 10.2 Å². The molecule has 0 spiro atoms. The molecule has 3 aromatic carbocycles. The van der Waals surface area contributed by atoms with E-state index >= 15 is 0 Å². The minimum atomic E-state index is -0.503. The van der Waals surface area contributed by atoms with Crippen molar-refractivity contribution in [3.05, 3.63) is 93.5 Å². The molecule has 0 fully saturated rings. The van der Waals surface area contributed by atoms with E-state index < -0.39 is 10.8 Å². The maximum Gasteiger partial charge on any atom is 0.273 e. The highest BCUT2D eigenvalue weighted by Crippen LogP contribution is 2.27. The molecule has 0 aliphatic heterocycles. The van der Waals surface area contributed by atoms with Crippen LogP contribution in [0.4, 0.5) is 11.4 Å². The predicted octanol–water partition coefficient (Wildman–Crippen LogP) is 5.18. The molecule has 4 rings (SSSR count). The van der Waals surface area contributed by atoms with E-state index in [-0.39, 0.29) is 11.3 Å². The van der Waals surface area contributed by atoms with Gasteiger partial charge in [0, 0.05) is 34.0 Å². The number of hydrogen-bond donors (Lipinski definition) is 1. The molecule has 0 atom stereocenters. The molecule has 0 saturated heterocycles. The fraction of sp³-hybridized carbons (Fsp3) is 0.0870. The highest BCUT2D eigenvalue weighted by molar-refractivity contribution is 6.04. The molecule has 1 aromatic heterocycles. The molecule has 31 heavy (non-hydrogen) atoms. The summed E-state index contributed by atoms with van der Waals surface area (Å²) in [5, 5.41) is 22.1. The van der Waals surface area contributed by atoms with Gasteiger partial charge in [0.2, 0.25) is 11.8 Å². The van der Waals surface area contributed by atoms with Crippen molar-refractivity contribution in [1.29, 1.82) is 0 Å². The molecule has 1 amide bonds. The summed E-state index contributed by atoms with van der Waals surface area (Å²) < 4.78 is 5.80. The van der Waals surface area contributed by atoms with Crippen LogP contribution < -0.4 is 5.32 Å². The number of anilines is 1. The van der Waals surface area contributed by atoms with E-state index in [9.17, 15) is 14.9 Å². The van der Waals surface area contributed by atoms with Gasteiger partial charge in [-0.05, 0) is 55.8 Å². The summed E-state index contributed by atoms with van der Waals surface area (Å²) in [5.41, 5.74) is 3.76. The quantitative estimate of drug-likeness (QED) is 0.356. The number of aromatic nitrogens is 2. The SMILES string of the molecule is Cc1ccccc1-c1nnc(-c2ccc(NC(=O)c3ccc(C)c([N+](=O)[O-])c3)cc2)o1. The first-order valence-corrected chi connectivity index (χ1v) is 9.49. The van der Waals surface area contributed by atoms with Crippen LogP contribution in [-0.4, -0.2) is 21.0 Å². The third-order valence-electron chi connectivity index (χ3n) is 4.86. The summed E-state index contributed by atoms with van der Waals surface area (Å²) in [6, 6.07) is 19.0. The van der Waals surface area contributed by atoms with E-state index in [1.807, 2.05) is 31.2 Å². The zero-order valence-corrected chi connectivity index (χ0v) is 16.8. The summed E-state index contributed by atoms with van der Waals surface area (Å²) >= 11 is 0. The molecule has 154 valence electrons. The van der Waals surface area contributed by atoms with Crippen LogP contribution in [0.1, 0.15) is 21.5 Å². The Morgan fingerprint density at radius 3 is 2.35 bits per heavy atom. The average Bonchev–Trinajstić information content (AvgIpc) is 3.24. The summed E-state index contributed by atoms with van der Waals surface area (Å²) in [4.78, 5) is 23.1. The molecule has 0 aliphatic rings. The van der Waals surface area contributed by atoms with Gasteiger partial charge in [-0.15, -0.1) is 10.2 Å². The van der Waals surface area contributed by atoms with Crippen LogP contribution in [0.3, 0.4) is 0 Å². The zero-order valence-electron chi connectivity index (χ0n) is 16.8. The molecule has 1 heterocycles. The van der Waals surface area contributed by atoms with Crippen LogP contribution in [-0.2, 0) is 0 Å². The number of nitro groups is 1. The molecule has 0 unspecified atom stereocenters. The molecule has 0 aliphatic carbocycles. The van der Waals surface area contributed by atoms with E-state index in [0.717, 1.165) is 11.1 Å². The third kappa shape index (κ3) is 4.18. The minimum Gasteiger partial charge on any atom is -0.416 e. The Hall–Kier alpha value is -4.33. The van der Waals surface area contributed by atoms with Crippen molar-refractivity contribution in [3.63, 3.8) is 0 Å². The first kappa shape index (κ1) is 20.0. The van der Waals surface area contributed by atoms with E-state index in [1.165, 1.54) is 6.07 Å². The van der Waals surface area contributed by atoms with Crippen molar-refractivity contribution in [2.75, 3.05) is 5.32 Å². The standard InChI is InChI=1S/C23H18N4O4/c1-14-5-3-4-6-19(14)23-26-25-22(31-23)16-9-11-18(12-10-16)24-21(28)17-8-7-15(2)20(13-17)27(29)30/h3-13H,1-2H3,(H,24,28). The van der Waals surface area contributed by atoms with Crippen LogP contribution in [0.2, 0.25) is 0 Å². The predicted molar refractivity (Wildman–Crippen MR) is 116 cm³/mol. The van der Waals surface area contributed by atoms with E-state index in [4.69, 9.17) is 4.42 Å². The molecule has 4 aromatic rings. The molecular weight excluding hydrogens is 396 g/mol. The van der Waals surface area contributed by atoms with Crippen molar-refractivity contribution < 1.29 is 14.1 Å². The Labute approximate surface area is 177 Å². The second-order valence-corrected chi connectivity index (χ2v) is 7.02. The lowest BCUT2D eigenvalue weighted by Gasteiger charge is -2.06. The normalized spacial score (nSPS) is 10.6. The first-order valence-electron chi connectivity index (χ1n) is 9.49. The third-order valence-corrected chi connectivity index (χ3v) is 4.86. The number of nitrogens with one attached hydrogen (secondary N) is 1. The summed E-state index contributed by atoms with van der Waals surface area (Å²) in [6.07, 6.45) is 0. The van der Waals surface area contributed by atoms with Gasteiger partial charge in [-0.3, -0.25) is 14.9 Å². The van der Waals surface area contributed by atoms with Gasteiger partial charge in [0.1, 0.15) is 0 Å². The smallest absolute Gasteiger partial charge is 0.273 e. The van der Waals surface area contributed by atoms with Crippen molar-refractivity contribution >= 4 is 17.3 Å². The Bertz CT molecular complexity index is 1280. The van der Waals surface area contributed by atoms with Crippen LogP contribution in [0.5, 0.6) is 0 Å². The summed E-state index contributed by atoms with van der Waals surface area (Å²) in [5.74, 6) is 0.368. The number of nitrogens with zero attached hydrogens (tertiary/aromatic N) is 3. The topological polar surface area (TPSA) is 111 Å². The number of carbonyl (C=O) groups excluding carboxylic acids is 1. The fourth-order valence-electron chi connectivity index (χ4n) is 3.11. The molecule has 0 bridgehead atoms. The Morgan fingerprint density at radius 2 is 1.65 bits per heavy atom. The largest absolute Gasteiger partial charge is 0.416 e. The van der Waals surface area contributed by atoms with E-state index in [1.54, 1.807) is 43.3 Å². The van der Waals surface area contributed by atoms with Gasteiger partial charge in [-0.25, -0.2) is 0 Å². The van der Waals surface area contributed by atoms with Gasteiger partial charge < -0.3 is 9.73 Å². The summed E-state index contributed by atoms with van der Waals surface area (Å²) in [7, 11) is 0. The number of nitro benzene ring substituents is 1. The van der Waals surface area contributed by atoms with E-state index in [2.05, 4.69) is 15.5 Å². The van der Waals surface area contributed by atoms with Gasteiger partial charge in [0.05, 0.1) is 4.92 Å². The highest BCUT2D eigenvalue weighted by Gasteiger charge is 2.16. The van der Waals surface area contributed by atoms with Crippen molar-refractivity contribution in [3.8, 4) is 22.9 Å². The monoisotopic (exact) mass is 414 g/mol. The van der Waals surface area contributed by atoms with Gasteiger partial charge in [-0.1, -0.05) is 24.3 Å². The molecule has 0 radical (unpaired) electrons. The maximum atomic E-state index is 12.5. The lowest BCUT2D eigenvalue weighted by atomic mass is 10.1. The second kappa shape index (κ2) is 8.19. The van der Waals surface area contributed by atoms with Crippen molar-refractivity contribution in [2.24, 2.45) is 0 Å². The van der Waals surface area contributed by atoms with Gasteiger partial charge in [0.25, 0.3) is 11.6 Å². The number of aryl methyl sites for hydroxylation is 2. The lowest BCUT2D eigenvalue weighted by Crippen LogP contribution is -2.12. The second-order valence-electron chi connectivity index (χ2n) is 7.02. The number of rotatable bonds is 5. The average molecular weight is 414 g/mol. The summed E-state index contributed by atoms with van der Waals surface area (Å²) in [6.45, 7) is 3.60. The Kier molecular flexibility index (Phi) is 5.28. The number of hydrogen-bond acceptors (Lipinski definition) is 6.